The van der Waals surface area contributed by atoms with E-state index < -0.39 is 10.0 Å². The van der Waals surface area contributed by atoms with E-state index in [9.17, 15) is 8.42 Å². The molecule has 0 heterocycles. The van der Waals surface area contributed by atoms with Crippen LogP contribution < -0.4 is 5.32 Å². The zero-order chi connectivity index (χ0) is 14.8. The summed E-state index contributed by atoms with van der Waals surface area (Å²) in [7, 11) is -3.43. The Balaban J connectivity index is 2.18. The minimum Gasteiger partial charge on any atom is -0.310 e. The summed E-state index contributed by atoms with van der Waals surface area (Å²) in [5, 5.41) is 3.88. The summed E-state index contributed by atoms with van der Waals surface area (Å²) in [5.41, 5.74) is 0.942. The van der Waals surface area contributed by atoms with Crippen LogP contribution in [0.25, 0.3) is 0 Å². The molecule has 20 heavy (non-hydrogen) atoms. The Morgan fingerprint density at radius 3 is 2.45 bits per heavy atom. The fourth-order valence-corrected chi connectivity index (χ4v) is 3.88. The van der Waals surface area contributed by atoms with Gasteiger partial charge < -0.3 is 5.32 Å². The van der Waals surface area contributed by atoms with Crippen LogP contribution in [0.3, 0.4) is 0 Å². The smallest absolute Gasteiger partial charge is 0.243 e. The van der Waals surface area contributed by atoms with Crippen molar-refractivity contribution in [3.05, 3.63) is 28.8 Å². The number of nitrogens with zero attached hydrogens (tertiary/aromatic N) is 1. The van der Waals surface area contributed by atoms with Gasteiger partial charge in [0.2, 0.25) is 10.0 Å². The number of halogens is 1. The molecule has 1 N–H and O–H groups in total. The summed E-state index contributed by atoms with van der Waals surface area (Å²) < 4.78 is 26.2. The van der Waals surface area contributed by atoms with Crippen molar-refractivity contribution in [1.29, 1.82) is 0 Å². The SMILES string of the molecule is CCN(CC)S(=O)(=O)c1ccc(CNC2CC2)c(Cl)c1. The minimum absolute atomic E-state index is 0.265. The van der Waals surface area contributed by atoms with E-state index in [2.05, 4.69) is 5.32 Å². The van der Waals surface area contributed by atoms with Crippen LogP contribution >= 0.6 is 11.6 Å². The first-order valence-corrected chi connectivity index (χ1v) is 8.82. The molecule has 1 aliphatic carbocycles. The van der Waals surface area contributed by atoms with E-state index in [-0.39, 0.29) is 4.90 Å². The summed E-state index contributed by atoms with van der Waals surface area (Å²) in [6.45, 7) is 5.27. The number of nitrogens with one attached hydrogen (secondary N) is 1. The van der Waals surface area contributed by atoms with Crippen LogP contribution in [-0.4, -0.2) is 31.9 Å². The van der Waals surface area contributed by atoms with Crippen molar-refractivity contribution in [1.82, 2.24) is 9.62 Å². The Bertz CT molecular complexity index is 567. The maximum Gasteiger partial charge on any atom is 0.243 e. The average Bonchev–Trinajstić information content (AvgIpc) is 3.22. The lowest BCUT2D eigenvalue weighted by atomic mass is 10.2. The molecule has 0 unspecified atom stereocenters. The van der Waals surface area contributed by atoms with Crippen LogP contribution in [-0.2, 0) is 16.6 Å². The molecule has 112 valence electrons. The first kappa shape index (κ1) is 15.8. The molecule has 0 aromatic heterocycles. The summed E-state index contributed by atoms with van der Waals surface area (Å²) in [6.07, 6.45) is 2.43. The average molecular weight is 317 g/mol. The second kappa shape index (κ2) is 6.43. The van der Waals surface area contributed by atoms with Gasteiger partial charge in [-0.05, 0) is 30.5 Å². The molecular formula is C14H21ClN2O2S. The summed E-state index contributed by atoms with van der Waals surface area (Å²) in [5.74, 6) is 0. The number of sulfonamides is 1. The third-order valence-electron chi connectivity index (χ3n) is 3.53. The molecule has 2 rings (SSSR count). The lowest BCUT2D eigenvalue weighted by molar-refractivity contribution is 0.445. The van der Waals surface area contributed by atoms with Crippen molar-refractivity contribution >= 4 is 21.6 Å². The highest BCUT2D eigenvalue weighted by atomic mass is 35.5. The molecular weight excluding hydrogens is 296 g/mol. The zero-order valence-corrected chi connectivity index (χ0v) is 13.5. The Hall–Kier alpha value is -0.620. The van der Waals surface area contributed by atoms with Crippen LogP contribution in [0, 0.1) is 0 Å². The number of benzene rings is 1. The molecule has 6 heteroatoms. The van der Waals surface area contributed by atoms with Crippen molar-refractivity contribution in [2.45, 2.75) is 44.2 Å². The Morgan fingerprint density at radius 1 is 1.30 bits per heavy atom. The van der Waals surface area contributed by atoms with Gasteiger partial charge in [0.1, 0.15) is 0 Å². The van der Waals surface area contributed by atoms with Crippen LogP contribution in [0.15, 0.2) is 23.1 Å². The summed E-state index contributed by atoms with van der Waals surface area (Å²) in [4.78, 5) is 0.265. The molecule has 0 saturated heterocycles. The molecule has 0 aliphatic heterocycles. The van der Waals surface area contributed by atoms with Crippen molar-refractivity contribution in [2.75, 3.05) is 13.1 Å². The van der Waals surface area contributed by atoms with Gasteiger partial charge in [-0.3, -0.25) is 0 Å². The predicted molar refractivity (Wildman–Crippen MR) is 81.4 cm³/mol. The fraction of sp³-hybridized carbons (Fsp3) is 0.571. The summed E-state index contributed by atoms with van der Waals surface area (Å²) in [6, 6.07) is 5.60. The Morgan fingerprint density at radius 2 is 1.95 bits per heavy atom. The second-order valence-corrected chi connectivity index (χ2v) is 7.34. The van der Waals surface area contributed by atoms with Gasteiger partial charge in [-0.25, -0.2) is 8.42 Å². The molecule has 1 saturated carbocycles. The molecule has 1 aliphatic rings. The number of hydrogen-bond acceptors (Lipinski definition) is 3. The van der Waals surface area contributed by atoms with E-state index in [0.29, 0.717) is 30.7 Å². The second-order valence-electron chi connectivity index (χ2n) is 5.00. The lowest BCUT2D eigenvalue weighted by Crippen LogP contribution is -2.30. The van der Waals surface area contributed by atoms with E-state index in [0.717, 1.165) is 5.56 Å². The van der Waals surface area contributed by atoms with E-state index in [1.165, 1.54) is 17.1 Å². The minimum atomic E-state index is -3.43. The largest absolute Gasteiger partial charge is 0.310 e. The first-order chi connectivity index (χ1) is 9.48. The molecule has 0 bridgehead atoms. The maximum absolute atomic E-state index is 12.4. The Labute approximate surface area is 126 Å². The summed E-state index contributed by atoms with van der Waals surface area (Å²) >= 11 is 6.21. The standard InChI is InChI=1S/C14H21ClN2O2S/c1-3-17(4-2)20(18,19)13-8-5-11(14(15)9-13)10-16-12-6-7-12/h5,8-9,12,16H,3-4,6-7,10H2,1-2H3. The number of rotatable bonds is 7. The van der Waals surface area contributed by atoms with Crippen LogP contribution in [0.4, 0.5) is 0 Å². The molecule has 0 spiro atoms. The van der Waals surface area contributed by atoms with Gasteiger partial charge in [0.05, 0.1) is 4.90 Å². The molecule has 4 nitrogen and oxygen atoms in total. The van der Waals surface area contributed by atoms with Gasteiger partial charge in [0.25, 0.3) is 0 Å². The van der Waals surface area contributed by atoms with Gasteiger partial charge in [0.15, 0.2) is 0 Å². The first-order valence-electron chi connectivity index (χ1n) is 7.01. The molecule has 1 fully saturated rings. The number of hydrogen-bond donors (Lipinski definition) is 1. The topological polar surface area (TPSA) is 49.4 Å². The highest BCUT2D eigenvalue weighted by molar-refractivity contribution is 7.89. The van der Waals surface area contributed by atoms with Crippen LogP contribution in [0.1, 0.15) is 32.3 Å². The van der Waals surface area contributed by atoms with Crippen LogP contribution in [0.2, 0.25) is 5.02 Å². The van der Waals surface area contributed by atoms with E-state index in [1.807, 2.05) is 13.8 Å². The Kier molecular flexibility index (Phi) is 5.07. The van der Waals surface area contributed by atoms with Crippen molar-refractivity contribution in [3.8, 4) is 0 Å². The zero-order valence-electron chi connectivity index (χ0n) is 11.9. The lowest BCUT2D eigenvalue weighted by Gasteiger charge is -2.19. The highest BCUT2D eigenvalue weighted by Gasteiger charge is 2.23. The fourth-order valence-electron chi connectivity index (χ4n) is 2.09. The molecule has 1 aromatic carbocycles. The van der Waals surface area contributed by atoms with Gasteiger partial charge in [-0.15, -0.1) is 0 Å². The quantitative estimate of drug-likeness (QED) is 0.841. The van der Waals surface area contributed by atoms with Crippen LogP contribution in [0.5, 0.6) is 0 Å². The van der Waals surface area contributed by atoms with Gasteiger partial charge in [-0.1, -0.05) is 31.5 Å². The van der Waals surface area contributed by atoms with Crippen molar-refractivity contribution in [2.24, 2.45) is 0 Å². The van der Waals surface area contributed by atoms with Crippen molar-refractivity contribution < 1.29 is 8.42 Å². The third-order valence-corrected chi connectivity index (χ3v) is 5.92. The van der Waals surface area contributed by atoms with E-state index in [1.54, 1.807) is 18.2 Å². The third kappa shape index (κ3) is 3.52. The molecule has 0 atom stereocenters. The molecule has 0 amide bonds. The monoisotopic (exact) mass is 316 g/mol. The highest BCUT2D eigenvalue weighted by Crippen LogP contribution is 2.25. The maximum atomic E-state index is 12.4. The van der Waals surface area contributed by atoms with E-state index >= 15 is 0 Å². The van der Waals surface area contributed by atoms with Crippen molar-refractivity contribution in [3.63, 3.8) is 0 Å². The van der Waals surface area contributed by atoms with Gasteiger partial charge in [0, 0.05) is 30.7 Å². The van der Waals surface area contributed by atoms with Gasteiger partial charge in [-0.2, -0.15) is 4.31 Å². The van der Waals surface area contributed by atoms with Gasteiger partial charge >= 0.3 is 0 Å². The molecule has 0 radical (unpaired) electrons. The predicted octanol–water partition coefficient (Wildman–Crippen LogP) is 2.62. The van der Waals surface area contributed by atoms with E-state index in [4.69, 9.17) is 11.6 Å². The normalized spacial score (nSPS) is 15.8. The molecule has 1 aromatic rings.